The topological polar surface area (TPSA) is 8.17 Å². The molecule has 0 saturated carbocycles. The van der Waals surface area contributed by atoms with Crippen molar-refractivity contribution in [3.05, 3.63) is 204 Å². The Kier molecular flexibility index (Phi) is 9.42. The molecule has 0 amide bonds. The van der Waals surface area contributed by atoms with E-state index < -0.39 is 69.3 Å². The van der Waals surface area contributed by atoms with Gasteiger partial charge in [-0.25, -0.2) is 43.9 Å². The molecule has 12 heteroatoms. The van der Waals surface area contributed by atoms with Gasteiger partial charge in [-0.3, -0.25) is 0 Å². The van der Waals surface area contributed by atoms with E-state index in [1.807, 2.05) is 78.9 Å². The van der Waals surface area contributed by atoms with Gasteiger partial charge in [-0.15, -0.1) is 0 Å². The highest BCUT2D eigenvalue weighted by Crippen LogP contribution is 2.42. The van der Waals surface area contributed by atoms with E-state index in [1.54, 1.807) is 17.0 Å². The zero-order valence-corrected chi connectivity index (χ0v) is 30.5. The first kappa shape index (κ1) is 38.2. The van der Waals surface area contributed by atoms with Gasteiger partial charge in [-0.05, 0) is 71.3 Å². The lowest BCUT2D eigenvalue weighted by molar-refractivity contribution is 0.381. The van der Waals surface area contributed by atoms with Crippen molar-refractivity contribution in [3.8, 4) is 39.1 Å². The first-order valence-corrected chi connectivity index (χ1v) is 18.2. The van der Waals surface area contributed by atoms with Gasteiger partial charge in [0, 0.05) is 39.1 Å². The monoisotopic (exact) mass is 818 g/mol. The maximum absolute atomic E-state index is 14.8. The number of rotatable bonds is 7. The number of anilines is 3. The summed E-state index contributed by atoms with van der Waals surface area (Å²) < 4.78 is 146. The Morgan fingerprint density at radius 3 is 1.17 bits per heavy atom. The fourth-order valence-electron chi connectivity index (χ4n) is 7.61. The SMILES string of the molecule is Fc1c(F)c(F)c(-c2ccc(N(c3ccc(-c4c(F)c(F)c(F)c(F)c4F)cc3)c3ccc(-c4cccc5c6ccccc6n(-c6ccccc6)c45)cc3)cc2)c(F)c1F. The minimum absolute atomic E-state index is 0.297. The van der Waals surface area contributed by atoms with Crippen LogP contribution in [0.4, 0.5) is 61.0 Å². The molecular weight excluding hydrogens is 795 g/mol. The standard InChI is InChI=1S/C48H24F10N2/c49-38-36(39(50)43(54)46(57)42(38)53)26-15-21-30(22-16-26)59(31-23-17-27(18-24-31)37-40(51)44(55)47(58)45(56)41(37)52)29-19-13-25(14-20-29)32-10-6-11-34-33-9-4-5-12-35(33)60(48(32)34)28-7-2-1-3-8-28/h1-24H. The van der Waals surface area contributed by atoms with Crippen molar-refractivity contribution in [1.29, 1.82) is 0 Å². The Bertz CT molecular complexity index is 2960. The molecule has 0 unspecified atom stereocenters. The van der Waals surface area contributed by atoms with E-state index in [4.69, 9.17) is 0 Å². The molecule has 296 valence electrons. The predicted octanol–water partition coefficient (Wildman–Crippen LogP) is 14.6. The molecule has 8 aromatic carbocycles. The van der Waals surface area contributed by atoms with Gasteiger partial charge in [0.2, 0.25) is 11.6 Å². The summed E-state index contributed by atoms with van der Waals surface area (Å²) in [5, 5.41) is 2.06. The number of halogens is 10. The van der Waals surface area contributed by atoms with Crippen molar-refractivity contribution in [1.82, 2.24) is 4.57 Å². The van der Waals surface area contributed by atoms with Crippen molar-refractivity contribution in [2.45, 2.75) is 0 Å². The Morgan fingerprint density at radius 2 is 0.700 bits per heavy atom. The van der Waals surface area contributed by atoms with Gasteiger partial charge in [0.1, 0.15) is 0 Å². The zero-order chi connectivity index (χ0) is 42.0. The van der Waals surface area contributed by atoms with E-state index in [0.717, 1.165) is 62.9 Å². The van der Waals surface area contributed by atoms with Crippen LogP contribution in [0.25, 0.3) is 60.9 Å². The molecule has 0 radical (unpaired) electrons. The lowest BCUT2D eigenvalue weighted by atomic mass is 10.00. The summed E-state index contributed by atoms with van der Waals surface area (Å²) in [6.07, 6.45) is 0. The van der Waals surface area contributed by atoms with Crippen LogP contribution in [0.15, 0.2) is 146 Å². The van der Waals surface area contributed by atoms with Crippen LogP contribution in [0.2, 0.25) is 0 Å². The summed E-state index contributed by atoms with van der Waals surface area (Å²) >= 11 is 0. The van der Waals surface area contributed by atoms with Crippen LogP contribution < -0.4 is 4.90 Å². The molecule has 0 fully saturated rings. The molecule has 9 aromatic rings. The summed E-state index contributed by atoms with van der Waals surface area (Å²) in [5.41, 5.74) is 2.74. The molecule has 9 rings (SSSR count). The first-order chi connectivity index (χ1) is 29.0. The molecule has 1 heterocycles. The van der Waals surface area contributed by atoms with Gasteiger partial charge in [-0.2, -0.15) is 0 Å². The van der Waals surface area contributed by atoms with Crippen LogP contribution in [0.5, 0.6) is 0 Å². The summed E-state index contributed by atoms with van der Waals surface area (Å²) in [7, 11) is 0. The van der Waals surface area contributed by atoms with Crippen molar-refractivity contribution < 1.29 is 43.9 Å². The smallest absolute Gasteiger partial charge is 0.200 e. The highest BCUT2D eigenvalue weighted by Gasteiger charge is 2.28. The maximum atomic E-state index is 14.8. The Labute approximate surface area is 334 Å². The average Bonchev–Trinajstić information content (AvgIpc) is 3.63. The summed E-state index contributed by atoms with van der Waals surface area (Å²) in [5.74, 6) is -21.1. The number of para-hydroxylation sites is 3. The van der Waals surface area contributed by atoms with E-state index in [9.17, 15) is 43.9 Å². The van der Waals surface area contributed by atoms with E-state index in [1.165, 1.54) is 24.3 Å². The number of hydrogen-bond acceptors (Lipinski definition) is 1. The lowest BCUT2D eigenvalue weighted by Gasteiger charge is -2.26. The molecule has 0 spiro atoms. The second kappa shape index (κ2) is 14.8. The number of aromatic nitrogens is 1. The normalized spacial score (nSPS) is 11.5. The minimum atomic E-state index is -2.30. The predicted molar refractivity (Wildman–Crippen MR) is 211 cm³/mol. The van der Waals surface area contributed by atoms with Crippen LogP contribution in [0, 0.1) is 58.2 Å². The summed E-state index contributed by atoms with van der Waals surface area (Å²) in [4.78, 5) is 1.61. The van der Waals surface area contributed by atoms with E-state index in [-0.39, 0.29) is 11.1 Å². The minimum Gasteiger partial charge on any atom is -0.311 e. The molecule has 0 bridgehead atoms. The molecule has 0 saturated heterocycles. The first-order valence-electron chi connectivity index (χ1n) is 18.2. The number of fused-ring (bicyclic) bond motifs is 3. The quantitative estimate of drug-likeness (QED) is 0.0883. The molecule has 2 nitrogen and oxygen atoms in total. The fourth-order valence-corrected chi connectivity index (χ4v) is 7.61. The molecule has 60 heavy (non-hydrogen) atoms. The maximum Gasteiger partial charge on any atom is 0.200 e. The van der Waals surface area contributed by atoms with Crippen LogP contribution in [0.3, 0.4) is 0 Å². The third-order valence-corrected chi connectivity index (χ3v) is 10.4. The van der Waals surface area contributed by atoms with Crippen LogP contribution in [-0.2, 0) is 0 Å². The highest BCUT2D eigenvalue weighted by molar-refractivity contribution is 6.13. The van der Waals surface area contributed by atoms with E-state index in [2.05, 4.69) is 10.6 Å². The molecule has 0 atom stereocenters. The van der Waals surface area contributed by atoms with Crippen molar-refractivity contribution in [2.24, 2.45) is 0 Å². The fraction of sp³-hybridized carbons (Fsp3) is 0. The molecule has 0 aliphatic carbocycles. The van der Waals surface area contributed by atoms with Gasteiger partial charge in [0.25, 0.3) is 0 Å². The summed E-state index contributed by atoms with van der Waals surface area (Å²) in [6, 6.07) is 41.2. The number of nitrogens with zero attached hydrogens (tertiary/aromatic N) is 2. The van der Waals surface area contributed by atoms with Gasteiger partial charge in [0.05, 0.1) is 22.2 Å². The Balaban J connectivity index is 1.18. The van der Waals surface area contributed by atoms with Crippen molar-refractivity contribution in [3.63, 3.8) is 0 Å². The lowest BCUT2D eigenvalue weighted by Crippen LogP contribution is -2.10. The van der Waals surface area contributed by atoms with Gasteiger partial charge < -0.3 is 9.47 Å². The van der Waals surface area contributed by atoms with Gasteiger partial charge >= 0.3 is 0 Å². The van der Waals surface area contributed by atoms with Gasteiger partial charge in [0.15, 0.2) is 46.5 Å². The van der Waals surface area contributed by atoms with E-state index >= 15 is 0 Å². The van der Waals surface area contributed by atoms with Crippen molar-refractivity contribution in [2.75, 3.05) is 4.90 Å². The largest absolute Gasteiger partial charge is 0.311 e. The molecule has 0 N–H and O–H groups in total. The second-order valence-electron chi connectivity index (χ2n) is 13.8. The number of hydrogen-bond donors (Lipinski definition) is 0. The molecular formula is C48H24F10N2. The van der Waals surface area contributed by atoms with Gasteiger partial charge in [-0.1, -0.05) is 91.0 Å². The Morgan fingerprint density at radius 1 is 0.317 bits per heavy atom. The Hall–Kier alpha value is -7.34. The average molecular weight is 819 g/mol. The second-order valence-corrected chi connectivity index (χ2v) is 13.8. The highest BCUT2D eigenvalue weighted by atomic mass is 19.2. The summed E-state index contributed by atoms with van der Waals surface area (Å²) in [6.45, 7) is 0. The van der Waals surface area contributed by atoms with Crippen LogP contribution in [-0.4, -0.2) is 4.57 Å². The third-order valence-electron chi connectivity index (χ3n) is 10.4. The molecule has 0 aliphatic heterocycles. The zero-order valence-electron chi connectivity index (χ0n) is 30.5. The van der Waals surface area contributed by atoms with Crippen LogP contribution >= 0.6 is 0 Å². The number of benzene rings is 8. The molecule has 0 aliphatic rings. The van der Waals surface area contributed by atoms with Crippen LogP contribution in [0.1, 0.15) is 0 Å². The molecule has 1 aromatic heterocycles. The van der Waals surface area contributed by atoms with Crippen molar-refractivity contribution >= 4 is 38.9 Å². The third kappa shape index (κ3) is 6.05. The van der Waals surface area contributed by atoms with E-state index in [0.29, 0.717) is 17.1 Å².